The molecule has 6 heteroatoms. The summed E-state index contributed by atoms with van der Waals surface area (Å²) in [6, 6.07) is 0. The minimum atomic E-state index is -1.12. The fourth-order valence-electron chi connectivity index (χ4n) is 2.46. The average molecular weight is 262 g/mol. The Morgan fingerprint density at radius 1 is 1.22 bits per heavy atom. The first kappa shape index (κ1) is 14.2. The second-order valence-corrected chi connectivity index (χ2v) is 5.46. The van der Waals surface area contributed by atoms with Gasteiger partial charge in [0, 0.05) is 0 Å². The van der Waals surface area contributed by atoms with E-state index in [9.17, 15) is 10.2 Å². The molecule has 5 unspecified atom stereocenters. The first-order chi connectivity index (χ1) is 8.34. The summed E-state index contributed by atoms with van der Waals surface area (Å²) >= 11 is 0. The molecule has 2 aliphatic heterocycles. The van der Waals surface area contributed by atoms with Crippen LogP contribution < -0.4 is 0 Å². The summed E-state index contributed by atoms with van der Waals surface area (Å²) in [5.74, 6) is -0.769. The van der Waals surface area contributed by atoms with Crippen LogP contribution in [0.15, 0.2) is 0 Å². The summed E-state index contributed by atoms with van der Waals surface area (Å²) in [6.45, 7) is 7.10. The van der Waals surface area contributed by atoms with E-state index in [0.29, 0.717) is 0 Å². The van der Waals surface area contributed by atoms with Crippen LogP contribution in [0.1, 0.15) is 27.7 Å². The molecule has 18 heavy (non-hydrogen) atoms. The molecule has 0 radical (unpaired) electrons. The Morgan fingerprint density at radius 3 is 2.39 bits per heavy atom. The largest absolute Gasteiger partial charge is 0.394 e. The van der Waals surface area contributed by atoms with Gasteiger partial charge in [0.05, 0.1) is 12.7 Å². The lowest BCUT2D eigenvalue weighted by molar-refractivity contribution is -0.281. The van der Waals surface area contributed by atoms with E-state index in [0.717, 1.165) is 0 Å². The number of hydrogen-bond acceptors (Lipinski definition) is 6. The van der Waals surface area contributed by atoms with E-state index in [1.165, 1.54) is 0 Å². The molecule has 106 valence electrons. The molecule has 0 aromatic carbocycles. The van der Waals surface area contributed by atoms with E-state index < -0.39 is 36.5 Å². The van der Waals surface area contributed by atoms with Gasteiger partial charge in [-0.05, 0) is 27.7 Å². The van der Waals surface area contributed by atoms with Crippen molar-refractivity contribution in [2.24, 2.45) is 0 Å². The van der Waals surface area contributed by atoms with Crippen molar-refractivity contribution in [3.05, 3.63) is 0 Å². The molecule has 5 atom stereocenters. The number of ether oxygens (including phenoxy) is 4. The van der Waals surface area contributed by atoms with Crippen molar-refractivity contribution >= 4 is 0 Å². The smallest absolute Gasteiger partial charge is 0.184 e. The van der Waals surface area contributed by atoms with Crippen LogP contribution in [0.4, 0.5) is 0 Å². The molecule has 2 rings (SSSR count). The quantitative estimate of drug-likeness (QED) is 0.746. The van der Waals surface area contributed by atoms with Gasteiger partial charge >= 0.3 is 0 Å². The summed E-state index contributed by atoms with van der Waals surface area (Å²) in [4.78, 5) is 0. The first-order valence-corrected chi connectivity index (χ1v) is 6.29. The Kier molecular flexibility index (Phi) is 3.96. The predicted octanol–water partition coefficient (Wildman–Crippen LogP) is 0.00960. The summed E-state index contributed by atoms with van der Waals surface area (Å²) in [5, 5.41) is 19.2. The van der Waals surface area contributed by atoms with Gasteiger partial charge < -0.3 is 29.2 Å². The summed E-state index contributed by atoms with van der Waals surface area (Å²) in [7, 11) is 0. The monoisotopic (exact) mass is 262 g/mol. The number of aliphatic hydroxyl groups excluding tert-OH is 2. The normalized spacial score (nSPS) is 43.2. The van der Waals surface area contributed by atoms with Crippen molar-refractivity contribution < 1.29 is 29.2 Å². The zero-order valence-corrected chi connectivity index (χ0v) is 11.2. The van der Waals surface area contributed by atoms with Crippen molar-refractivity contribution in [2.75, 3.05) is 6.61 Å². The van der Waals surface area contributed by atoms with Crippen LogP contribution in [0.5, 0.6) is 0 Å². The predicted molar refractivity (Wildman–Crippen MR) is 61.8 cm³/mol. The fraction of sp³-hybridized carbons (Fsp3) is 1.00. The van der Waals surface area contributed by atoms with Gasteiger partial charge in [-0.15, -0.1) is 0 Å². The average Bonchev–Trinajstić information content (AvgIpc) is 2.57. The minimum absolute atomic E-state index is 0.0631. The van der Waals surface area contributed by atoms with E-state index in [4.69, 9.17) is 18.9 Å². The van der Waals surface area contributed by atoms with Gasteiger partial charge in [-0.25, -0.2) is 0 Å². The molecule has 0 aromatic heterocycles. The highest BCUT2D eigenvalue weighted by molar-refractivity contribution is 4.97. The molecule has 2 heterocycles. The Morgan fingerprint density at radius 2 is 1.83 bits per heavy atom. The summed E-state index contributed by atoms with van der Waals surface area (Å²) in [6.07, 6.45) is -3.27. The maximum Gasteiger partial charge on any atom is 0.184 e. The molecule has 6 nitrogen and oxygen atoms in total. The molecule has 0 saturated carbocycles. The van der Waals surface area contributed by atoms with Crippen molar-refractivity contribution in [1.29, 1.82) is 0 Å². The van der Waals surface area contributed by atoms with Crippen LogP contribution in [-0.2, 0) is 18.9 Å². The van der Waals surface area contributed by atoms with Crippen molar-refractivity contribution in [3.63, 3.8) is 0 Å². The third kappa shape index (κ3) is 2.68. The highest BCUT2D eigenvalue weighted by atomic mass is 16.8. The molecular formula is C12H22O6. The number of aliphatic hydroxyl groups is 2. The number of rotatable bonds is 3. The second kappa shape index (κ2) is 5.03. The van der Waals surface area contributed by atoms with Gasteiger partial charge in [-0.3, -0.25) is 0 Å². The van der Waals surface area contributed by atoms with Gasteiger partial charge in [0.2, 0.25) is 0 Å². The third-order valence-corrected chi connectivity index (χ3v) is 3.06. The van der Waals surface area contributed by atoms with Gasteiger partial charge in [-0.2, -0.15) is 0 Å². The van der Waals surface area contributed by atoms with Crippen molar-refractivity contribution in [2.45, 2.75) is 70.3 Å². The Labute approximate surface area is 107 Å². The first-order valence-electron chi connectivity index (χ1n) is 6.29. The second-order valence-electron chi connectivity index (χ2n) is 5.46. The van der Waals surface area contributed by atoms with Crippen molar-refractivity contribution in [1.82, 2.24) is 0 Å². The number of hydrogen-bond donors (Lipinski definition) is 2. The van der Waals surface area contributed by atoms with Crippen LogP contribution in [0.25, 0.3) is 0 Å². The molecule has 2 N–H and O–H groups in total. The molecule has 2 aliphatic rings. The number of fused-ring (bicyclic) bond motifs is 1. The molecule has 0 spiro atoms. The van der Waals surface area contributed by atoms with E-state index in [1.807, 2.05) is 13.8 Å². The maximum atomic E-state index is 9.94. The molecule has 0 bridgehead atoms. The Balaban J connectivity index is 2.18. The van der Waals surface area contributed by atoms with E-state index in [1.54, 1.807) is 13.8 Å². The summed E-state index contributed by atoms with van der Waals surface area (Å²) in [5.41, 5.74) is 0. The van der Waals surface area contributed by atoms with Gasteiger partial charge in [0.1, 0.15) is 24.4 Å². The van der Waals surface area contributed by atoms with Crippen LogP contribution in [0.2, 0.25) is 0 Å². The van der Waals surface area contributed by atoms with Crippen LogP contribution in [0.3, 0.4) is 0 Å². The standard InChI is InChI=1S/C12H22O6/c1-6(2)15-10-9-8(17-12(3,4)18-9)7(5-13)16-11(10)14/h6-11,13-14H,5H2,1-4H3. The molecular weight excluding hydrogens is 240 g/mol. The molecule has 0 aliphatic carbocycles. The van der Waals surface area contributed by atoms with E-state index in [-0.39, 0.29) is 12.7 Å². The van der Waals surface area contributed by atoms with Gasteiger partial charge in [-0.1, -0.05) is 0 Å². The highest BCUT2D eigenvalue weighted by Crippen LogP contribution is 2.38. The SMILES string of the molecule is CC(C)OC1C(O)OC(CO)C2OC(C)(C)OC12. The van der Waals surface area contributed by atoms with Crippen LogP contribution in [0, 0.1) is 0 Å². The highest BCUT2D eigenvalue weighted by Gasteiger charge is 2.55. The lowest BCUT2D eigenvalue weighted by Gasteiger charge is -2.39. The lowest BCUT2D eigenvalue weighted by Crippen LogP contribution is -2.58. The van der Waals surface area contributed by atoms with Crippen molar-refractivity contribution in [3.8, 4) is 0 Å². The van der Waals surface area contributed by atoms with Gasteiger partial charge in [0.15, 0.2) is 12.1 Å². The zero-order valence-electron chi connectivity index (χ0n) is 11.2. The summed E-state index contributed by atoms with van der Waals surface area (Å²) < 4.78 is 22.5. The van der Waals surface area contributed by atoms with Crippen LogP contribution in [-0.4, -0.2) is 59.4 Å². The topological polar surface area (TPSA) is 77.4 Å². The van der Waals surface area contributed by atoms with Crippen LogP contribution >= 0.6 is 0 Å². The molecule has 2 saturated heterocycles. The van der Waals surface area contributed by atoms with E-state index >= 15 is 0 Å². The molecule has 2 fully saturated rings. The Hall–Kier alpha value is -0.240. The third-order valence-electron chi connectivity index (χ3n) is 3.06. The molecule has 0 aromatic rings. The maximum absolute atomic E-state index is 9.94. The van der Waals surface area contributed by atoms with E-state index in [2.05, 4.69) is 0 Å². The molecule has 0 amide bonds. The lowest BCUT2D eigenvalue weighted by atomic mass is 9.99. The fourth-order valence-corrected chi connectivity index (χ4v) is 2.46. The zero-order chi connectivity index (χ0) is 13.5. The Bertz CT molecular complexity index is 292. The minimum Gasteiger partial charge on any atom is -0.394 e. The van der Waals surface area contributed by atoms with Gasteiger partial charge in [0.25, 0.3) is 0 Å².